The van der Waals surface area contributed by atoms with Crippen molar-refractivity contribution in [1.82, 2.24) is 0 Å². The highest BCUT2D eigenvalue weighted by Crippen LogP contribution is 2.25. The number of hydrogen-bond donors (Lipinski definition) is 1. The predicted molar refractivity (Wildman–Crippen MR) is 56.6 cm³/mol. The van der Waals surface area contributed by atoms with Gasteiger partial charge in [0, 0.05) is 12.5 Å². The molecule has 0 aromatic heterocycles. The van der Waals surface area contributed by atoms with Crippen molar-refractivity contribution in [3.8, 4) is 11.8 Å². The van der Waals surface area contributed by atoms with Crippen molar-refractivity contribution in [2.45, 2.75) is 13.3 Å². The zero-order chi connectivity index (χ0) is 11.3. The van der Waals surface area contributed by atoms with E-state index in [0.29, 0.717) is 23.4 Å². The van der Waals surface area contributed by atoms with Crippen LogP contribution in [0.25, 0.3) is 0 Å². The number of nitrogens with zero attached hydrogens (tertiary/aromatic N) is 1. The molecule has 1 amide bonds. The van der Waals surface area contributed by atoms with E-state index >= 15 is 0 Å². The number of anilines is 1. The van der Waals surface area contributed by atoms with E-state index in [1.165, 1.54) is 7.11 Å². The number of ether oxygens (including phenoxy) is 1. The average Bonchev–Trinajstić information content (AvgIpc) is 2.29. The first-order chi connectivity index (χ1) is 7.21. The Morgan fingerprint density at radius 1 is 1.60 bits per heavy atom. The lowest BCUT2D eigenvalue weighted by molar-refractivity contribution is -0.115. The Morgan fingerprint density at radius 2 is 2.33 bits per heavy atom. The molecule has 78 valence electrons. The van der Waals surface area contributed by atoms with Gasteiger partial charge in [-0.05, 0) is 12.1 Å². The number of benzene rings is 1. The number of rotatable bonds is 3. The van der Waals surface area contributed by atoms with Gasteiger partial charge in [0.15, 0.2) is 0 Å². The quantitative estimate of drug-likeness (QED) is 0.818. The van der Waals surface area contributed by atoms with Crippen LogP contribution in [0.3, 0.4) is 0 Å². The molecule has 0 aliphatic carbocycles. The molecule has 4 nitrogen and oxygen atoms in total. The van der Waals surface area contributed by atoms with Crippen molar-refractivity contribution in [3.63, 3.8) is 0 Å². The van der Waals surface area contributed by atoms with Crippen LogP contribution in [-0.2, 0) is 4.79 Å². The second-order valence-corrected chi connectivity index (χ2v) is 2.93. The van der Waals surface area contributed by atoms with Gasteiger partial charge in [0.25, 0.3) is 0 Å². The average molecular weight is 204 g/mol. The number of nitrogens with one attached hydrogen (secondary N) is 1. The molecule has 1 rings (SSSR count). The minimum absolute atomic E-state index is 0.0852. The fourth-order valence-corrected chi connectivity index (χ4v) is 1.10. The Kier molecular flexibility index (Phi) is 3.69. The first kappa shape index (κ1) is 11.1. The second kappa shape index (κ2) is 5.01. The maximum atomic E-state index is 11.2. The van der Waals surface area contributed by atoms with Crippen molar-refractivity contribution >= 4 is 11.6 Å². The second-order valence-electron chi connectivity index (χ2n) is 2.93. The molecule has 0 unspecified atom stereocenters. The Labute approximate surface area is 88.5 Å². The topological polar surface area (TPSA) is 62.1 Å². The maximum absolute atomic E-state index is 11.2. The van der Waals surface area contributed by atoms with Crippen LogP contribution in [0.5, 0.6) is 5.75 Å². The smallest absolute Gasteiger partial charge is 0.224 e. The zero-order valence-electron chi connectivity index (χ0n) is 8.70. The summed E-state index contributed by atoms with van der Waals surface area (Å²) in [6.07, 6.45) is 0.406. The number of carbonyl (C=O) groups is 1. The Morgan fingerprint density at radius 3 is 2.87 bits per heavy atom. The summed E-state index contributed by atoms with van der Waals surface area (Å²) in [6, 6.07) is 6.88. The van der Waals surface area contributed by atoms with Crippen LogP contribution in [0.15, 0.2) is 18.2 Å². The van der Waals surface area contributed by atoms with Gasteiger partial charge >= 0.3 is 0 Å². The van der Waals surface area contributed by atoms with Crippen molar-refractivity contribution in [1.29, 1.82) is 5.26 Å². The van der Waals surface area contributed by atoms with Gasteiger partial charge in [0.1, 0.15) is 5.75 Å². The van der Waals surface area contributed by atoms with Gasteiger partial charge in [-0.1, -0.05) is 6.92 Å². The van der Waals surface area contributed by atoms with Crippen molar-refractivity contribution < 1.29 is 9.53 Å². The van der Waals surface area contributed by atoms with Gasteiger partial charge < -0.3 is 10.1 Å². The van der Waals surface area contributed by atoms with Crippen LogP contribution in [0.1, 0.15) is 18.9 Å². The van der Waals surface area contributed by atoms with E-state index in [-0.39, 0.29) is 5.91 Å². The molecule has 1 aromatic rings. The third-order valence-electron chi connectivity index (χ3n) is 1.93. The third kappa shape index (κ3) is 2.71. The minimum atomic E-state index is -0.0852. The molecule has 0 aliphatic heterocycles. The van der Waals surface area contributed by atoms with Gasteiger partial charge in [0.05, 0.1) is 24.4 Å². The van der Waals surface area contributed by atoms with Crippen LogP contribution in [0.2, 0.25) is 0 Å². The van der Waals surface area contributed by atoms with Gasteiger partial charge in [0.2, 0.25) is 5.91 Å². The molecule has 0 radical (unpaired) electrons. The van der Waals surface area contributed by atoms with Crippen LogP contribution >= 0.6 is 0 Å². The van der Waals surface area contributed by atoms with E-state index in [2.05, 4.69) is 5.32 Å². The lowest BCUT2D eigenvalue weighted by atomic mass is 10.2. The Balaban J connectivity index is 2.98. The molecule has 0 spiro atoms. The van der Waals surface area contributed by atoms with Gasteiger partial charge in [-0.2, -0.15) is 5.26 Å². The number of hydrogen-bond acceptors (Lipinski definition) is 3. The van der Waals surface area contributed by atoms with Crippen molar-refractivity contribution in [2.75, 3.05) is 12.4 Å². The summed E-state index contributed by atoms with van der Waals surface area (Å²) >= 11 is 0. The number of nitriles is 1. The molecule has 1 aromatic carbocycles. The van der Waals surface area contributed by atoms with Crippen LogP contribution < -0.4 is 10.1 Å². The van der Waals surface area contributed by atoms with E-state index in [9.17, 15) is 4.79 Å². The lowest BCUT2D eigenvalue weighted by Crippen LogP contribution is -2.10. The molecular formula is C11H12N2O2. The highest BCUT2D eigenvalue weighted by molar-refractivity contribution is 5.92. The van der Waals surface area contributed by atoms with Crippen LogP contribution in [0, 0.1) is 11.3 Å². The molecular weight excluding hydrogens is 192 g/mol. The molecule has 4 heteroatoms. The Bertz CT molecular complexity index is 408. The number of carbonyl (C=O) groups excluding carboxylic acids is 1. The first-order valence-corrected chi connectivity index (χ1v) is 4.59. The normalized spacial score (nSPS) is 9.13. The molecule has 0 atom stereocenters. The summed E-state index contributed by atoms with van der Waals surface area (Å²) in [5.74, 6) is 0.411. The summed E-state index contributed by atoms with van der Waals surface area (Å²) in [5, 5.41) is 11.4. The fourth-order valence-electron chi connectivity index (χ4n) is 1.10. The highest BCUT2D eigenvalue weighted by Gasteiger charge is 2.06. The molecule has 0 bridgehead atoms. The molecule has 0 heterocycles. The van der Waals surface area contributed by atoms with E-state index < -0.39 is 0 Å². The Hall–Kier alpha value is -2.02. The largest absolute Gasteiger partial charge is 0.495 e. The summed E-state index contributed by atoms with van der Waals surface area (Å²) in [7, 11) is 1.50. The summed E-state index contributed by atoms with van der Waals surface area (Å²) < 4.78 is 5.07. The third-order valence-corrected chi connectivity index (χ3v) is 1.93. The molecule has 0 aliphatic rings. The van der Waals surface area contributed by atoms with Gasteiger partial charge in [-0.25, -0.2) is 0 Å². The monoisotopic (exact) mass is 204 g/mol. The summed E-state index contributed by atoms with van der Waals surface area (Å²) in [5.41, 5.74) is 1.09. The molecule has 0 saturated carbocycles. The van der Waals surface area contributed by atoms with Crippen molar-refractivity contribution in [2.24, 2.45) is 0 Å². The number of methoxy groups -OCH3 is 1. The molecule has 1 N–H and O–H groups in total. The van der Waals surface area contributed by atoms with E-state index in [1.807, 2.05) is 6.07 Å². The van der Waals surface area contributed by atoms with E-state index in [4.69, 9.17) is 10.00 Å². The van der Waals surface area contributed by atoms with Crippen molar-refractivity contribution in [3.05, 3.63) is 23.8 Å². The maximum Gasteiger partial charge on any atom is 0.224 e. The van der Waals surface area contributed by atoms with Gasteiger partial charge in [-0.15, -0.1) is 0 Å². The summed E-state index contributed by atoms with van der Waals surface area (Å²) in [4.78, 5) is 11.2. The predicted octanol–water partition coefficient (Wildman–Crippen LogP) is 1.92. The lowest BCUT2D eigenvalue weighted by Gasteiger charge is -2.09. The van der Waals surface area contributed by atoms with Crippen LogP contribution in [-0.4, -0.2) is 13.0 Å². The van der Waals surface area contributed by atoms with E-state index in [0.717, 1.165) is 0 Å². The SMILES string of the molecule is CCC(=O)Nc1ccc(C#N)cc1OC. The zero-order valence-corrected chi connectivity index (χ0v) is 8.70. The standard InChI is InChI=1S/C11H12N2O2/c1-3-11(14)13-9-5-4-8(7-12)6-10(9)15-2/h4-6H,3H2,1-2H3,(H,13,14). The van der Waals surface area contributed by atoms with E-state index in [1.54, 1.807) is 25.1 Å². The fraction of sp³-hybridized carbons (Fsp3) is 0.273. The molecule has 0 saturated heterocycles. The highest BCUT2D eigenvalue weighted by atomic mass is 16.5. The molecule has 15 heavy (non-hydrogen) atoms. The summed E-state index contributed by atoms with van der Waals surface area (Å²) in [6.45, 7) is 1.77. The van der Waals surface area contributed by atoms with Gasteiger partial charge in [-0.3, -0.25) is 4.79 Å². The molecule has 0 fully saturated rings. The number of amides is 1. The van der Waals surface area contributed by atoms with Crippen LogP contribution in [0.4, 0.5) is 5.69 Å². The minimum Gasteiger partial charge on any atom is -0.495 e. The first-order valence-electron chi connectivity index (χ1n) is 4.59.